The van der Waals surface area contributed by atoms with Crippen LogP contribution in [0.5, 0.6) is 0 Å². The van der Waals surface area contributed by atoms with Crippen molar-refractivity contribution in [2.24, 2.45) is 23.2 Å². The lowest BCUT2D eigenvalue weighted by Crippen LogP contribution is -2.56. The molecule has 4 nitrogen and oxygen atoms in total. The van der Waals surface area contributed by atoms with Gasteiger partial charge in [-0.3, -0.25) is 0 Å². The molecule has 4 N–H and O–H groups in total. The van der Waals surface area contributed by atoms with Crippen LogP contribution in [0.25, 0.3) is 0 Å². The first-order chi connectivity index (χ1) is 18.6. The van der Waals surface area contributed by atoms with Crippen LogP contribution in [-0.4, -0.2) is 56.2 Å². The molecule has 41 heavy (non-hydrogen) atoms. The fourth-order valence-corrected chi connectivity index (χ4v) is 6.98. The fourth-order valence-electron chi connectivity index (χ4n) is 6.98. The van der Waals surface area contributed by atoms with Gasteiger partial charge in [0.25, 0.3) is 5.60 Å². The minimum atomic E-state index is -6.03. The lowest BCUT2D eigenvalue weighted by Gasteiger charge is -2.44. The van der Waals surface area contributed by atoms with E-state index in [1.165, 1.54) is 11.6 Å². The second kappa shape index (κ2) is 11.7. The predicted molar refractivity (Wildman–Crippen MR) is 144 cm³/mol. The van der Waals surface area contributed by atoms with Crippen LogP contribution in [0.15, 0.2) is 59.3 Å². The molecule has 0 spiro atoms. The van der Waals surface area contributed by atoms with Crippen molar-refractivity contribution in [2.45, 2.75) is 108 Å². The smallest absolute Gasteiger partial charge is 0.393 e. The highest BCUT2D eigenvalue weighted by Gasteiger charge is 2.69. The van der Waals surface area contributed by atoms with Gasteiger partial charge < -0.3 is 20.4 Å². The quantitative estimate of drug-likeness (QED) is 0.200. The van der Waals surface area contributed by atoms with Crippen molar-refractivity contribution in [3.8, 4) is 0 Å². The van der Waals surface area contributed by atoms with E-state index in [0.717, 1.165) is 57.6 Å². The maximum atomic E-state index is 13.3. The summed E-state index contributed by atoms with van der Waals surface area (Å²) in [5.74, 6) is 0.0767. The van der Waals surface area contributed by atoms with E-state index in [4.69, 9.17) is 0 Å². The summed E-state index contributed by atoms with van der Waals surface area (Å²) in [6.07, 6.45) is -2.17. The minimum Gasteiger partial charge on any atom is -0.393 e. The summed E-state index contributed by atoms with van der Waals surface area (Å²) < 4.78 is 80.1. The van der Waals surface area contributed by atoms with Gasteiger partial charge in [-0.2, -0.15) is 26.3 Å². The first kappa shape index (κ1) is 33.6. The van der Waals surface area contributed by atoms with E-state index < -0.39 is 41.3 Å². The summed E-state index contributed by atoms with van der Waals surface area (Å²) in [7, 11) is 0. The van der Waals surface area contributed by atoms with E-state index >= 15 is 0 Å². The molecule has 0 aromatic carbocycles. The molecule has 232 valence electrons. The van der Waals surface area contributed by atoms with Crippen molar-refractivity contribution >= 4 is 0 Å². The van der Waals surface area contributed by atoms with E-state index in [2.05, 4.69) is 19.6 Å². The fraction of sp³-hybridized carbons (Fsp3) is 0.677. The number of allylic oxidation sites excluding steroid dienone is 4. The number of aliphatic hydroxyl groups is 4. The monoisotopic (exact) mass is 592 g/mol. The van der Waals surface area contributed by atoms with Crippen LogP contribution >= 0.6 is 0 Å². The Morgan fingerprint density at radius 1 is 1.02 bits per heavy atom. The Hall–Kier alpha value is -1.88. The average Bonchev–Trinajstić information content (AvgIpc) is 3.18. The molecule has 3 rings (SSSR count). The molecule has 0 bridgehead atoms. The highest BCUT2D eigenvalue weighted by Crippen LogP contribution is 2.59. The second-order valence-corrected chi connectivity index (χ2v) is 12.8. The van der Waals surface area contributed by atoms with Gasteiger partial charge in [-0.1, -0.05) is 50.3 Å². The van der Waals surface area contributed by atoms with Crippen molar-refractivity contribution in [1.29, 1.82) is 0 Å². The van der Waals surface area contributed by atoms with Crippen molar-refractivity contribution in [3.05, 3.63) is 59.3 Å². The van der Waals surface area contributed by atoms with Gasteiger partial charge in [0.05, 0.1) is 17.8 Å². The summed E-state index contributed by atoms with van der Waals surface area (Å²) in [5, 5.41) is 40.3. The molecular formula is C31H42F6O4. The zero-order valence-corrected chi connectivity index (χ0v) is 24.0. The molecule has 10 heteroatoms. The summed E-state index contributed by atoms with van der Waals surface area (Å²) in [5.41, 5.74) is -5.38. The topological polar surface area (TPSA) is 80.9 Å². The number of hydrogen-bond acceptors (Lipinski definition) is 4. The van der Waals surface area contributed by atoms with Crippen molar-refractivity contribution < 1.29 is 46.8 Å². The Morgan fingerprint density at radius 2 is 1.63 bits per heavy atom. The van der Waals surface area contributed by atoms with Crippen LogP contribution in [-0.2, 0) is 0 Å². The maximum Gasteiger partial charge on any atom is 0.430 e. The number of fused-ring (bicyclic) bond motifs is 1. The molecule has 0 unspecified atom stereocenters. The Morgan fingerprint density at radius 3 is 2.20 bits per heavy atom. The standard InChI is InChI=1S/C31H42F6O4/c1-18(8-11-22(27(3,4)40)17-29(41,30(32,33)34)31(35,36)37)24-12-13-25-20(7-6-14-28(24,25)5)9-10-21-15-23(38)16-26(39)19(21)2/h8-11,17-18,23-26,38-41H,2,6-7,12-16H2,1,3-5H3/b11-8+,20-9+,21-10-,22-17+/t18-,23-,24-,25+,26+,28-/m1/s1. The van der Waals surface area contributed by atoms with Crippen LogP contribution < -0.4 is 0 Å². The molecule has 3 fully saturated rings. The van der Waals surface area contributed by atoms with E-state index in [1.54, 1.807) is 0 Å². The van der Waals surface area contributed by atoms with Gasteiger partial charge in [-0.15, -0.1) is 0 Å². The van der Waals surface area contributed by atoms with Gasteiger partial charge in [0.1, 0.15) is 0 Å². The van der Waals surface area contributed by atoms with Gasteiger partial charge in [-0.05, 0) is 98.3 Å². The van der Waals surface area contributed by atoms with E-state index in [9.17, 15) is 46.8 Å². The van der Waals surface area contributed by atoms with Gasteiger partial charge in [0.15, 0.2) is 0 Å². The maximum absolute atomic E-state index is 13.3. The Labute approximate surface area is 237 Å². The zero-order valence-electron chi connectivity index (χ0n) is 24.0. The molecule has 0 aromatic rings. The number of rotatable bonds is 6. The van der Waals surface area contributed by atoms with E-state index in [1.807, 2.05) is 13.0 Å². The molecule has 0 saturated heterocycles. The molecule has 3 aliphatic rings. The zero-order chi connectivity index (χ0) is 31.2. The van der Waals surface area contributed by atoms with Crippen LogP contribution in [0.3, 0.4) is 0 Å². The van der Waals surface area contributed by atoms with Gasteiger partial charge in [0, 0.05) is 6.42 Å². The molecule has 0 aromatic heterocycles. The summed E-state index contributed by atoms with van der Waals surface area (Å²) in [4.78, 5) is 0. The van der Waals surface area contributed by atoms with Crippen molar-refractivity contribution in [3.63, 3.8) is 0 Å². The average molecular weight is 593 g/mol. The number of alkyl halides is 6. The summed E-state index contributed by atoms with van der Waals surface area (Å²) in [6.45, 7) is 10.1. The molecular weight excluding hydrogens is 550 g/mol. The normalized spacial score (nSPS) is 33.6. The summed E-state index contributed by atoms with van der Waals surface area (Å²) in [6, 6.07) is 0. The third-order valence-corrected chi connectivity index (χ3v) is 9.45. The van der Waals surface area contributed by atoms with Gasteiger partial charge in [0.2, 0.25) is 0 Å². The lowest BCUT2D eigenvalue weighted by atomic mass is 9.61. The van der Waals surface area contributed by atoms with Gasteiger partial charge >= 0.3 is 12.4 Å². The van der Waals surface area contributed by atoms with Crippen LogP contribution in [0.4, 0.5) is 26.3 Å². The summed E-state index contributed by atoms with van der Waals surface area (Å²) >= 11 is 0. The number of halogens is 6. The lowest BCUT2D eigenvalue weighted by molar-refractivity contribution is -0.348. The molecule has 0 radical (unpaired) electrons. The first-order valence-corrected chi connectivity index (χ1v) is 14.1. The Bertz CT molecular complexity index is 1090. The number of hydrogen-bond donors (Lipinski definition) is 4. The van der Waals surface area contributed by atoms with Crippen molar-refractivity contribution in [2.75, 3.05) is 0 Å². The SMILES string of the molecule is C=C1/C(=C\C=C2/CCC[C@]3(C)[C@@H]([C@H](C)/C=C/C(=C\C(O)(C(F)(F)F)C(F)(F)F)C(C)(C)O)CC[C@@H]23)C[C@@H](O)C[C@@H]1O. The molecule has 3 aliphatic carbocycles. The first-order valence-electron chi connectivity index (χ1n) is 14.1. The van der Waals surface area contributed by atoms with E-state index in [-0.39, 0.29) is 35.7 Å². The van der Waals surface area contributed by atoms with Crippen LogP contribution in [0, 0.1) is 23.2 Å². The third kappa shape index (κ3) is 6.86. The highest BCUT2D eigenvalue weighted by atomic mass is 19.4. The molecule has 0 aliphatic heterocycles. The van der Waals surface area contributed by atoms with Crippen LogP contribution in [0.2, 0.25) is 0 Å². The third-order valence-electron chi connectivity index (χ3n) is 9.45. The predicted octanol–water partition coefficient (Wildman–Crippen LogP) is 6.87. The molecule has 3 saturated carbocycles. The molecule has 0 amide bonds. The van der Waals surface area contributed by atoms with E-state index in [0.29, 0.717) is 12.0 Å². The Kier molecular flexibility index (Phi) is 9.56. The second-order valence-electron chi connectivity index (χ2n) is 12.8. The molecule has 6 atom stereocenters. The Balaban J connectivity index is 1.88. The van der Waals surface area contributed by atoms with Gasteiger partial charge in [-0.25, -0.2) is 0 Å². The van der Waals surface area contributed by atoms with Crippen LogP contribution in [0.1, 0.15) is 72.6 Å². The highest BCUT2D eigenvalue weighted by molar-refractivity contribution is 5.39. The number of aliphatic hydroxyl groups excluding tert-OH is 2. The molecule has 0 heterocycles. The van der Waals surface area contributed by atoms with Crippen molar-refractivity contribution in [1.82, 2.24) is 0 Å². The largest absolute Gasteiger partial charge is 0.430 e. The minimum absolute atomic E-state index is 0.0839.